The number of hydrogen-bond donors (Lipinski definition) is 1. The first kappa shape index (κ1) is 14.1. The van der Waals surface area contributed by atoms with Crippen molar-refractivity contribution >= 4 is 27.7 Å². The van der Waals surface area contributed by atoms with Gasteiger partial charge in [-0.1, -0.05) is 39.8 Å². The smallest absolute Gasteiger partial charge is 0.124 e. The molecule has 1 N–H and O–H groups in total. The summed E-state index contributed by atoms with van der Waals surface area (Å²) in [6.45, 7) is 0.899. The van der Waals surface area contributed by atoms with E-state index in [0.717, 1.165) is 20.8 Å². The first-order valence-electron chi connectivity index (χ1n) is 6.66. The Morgan fingerprint density at radius 1 is 1.15 bits per heavy atom. The molecule has 0 radical (unpaired) electrons. The molecule has 0 heterocycles. The Labute approximate surface area is 131 Å². The minimum atomic E-state index is -0.195. The van der Waals surface area contributed by atoms with Crippen LogP contribution in [0.4, 0.5) is 4.39 Å². The van der Waals surface area contributed by atoms with Crippen molar-refractivity contribution in [2.24, 2.45) is 0 Å². The third kappa shape index (κ3) is 3.84. The molecule has 2 aromatic carbocycles. The van der Waals surface area contributed by atoms with Gasteiger partial charge in [-0.3, -0.25) is 0 Å². The Kier molecular flexibility index (Phi) is 4.44. The first-order valence-corrected chi connectivity index (χ1v) is 8.27. The maximum atomic E-state index is 13.2. The molecule has 0 bridgehead atoms. The van der Waals surface area contributed by atoms with E-state index < -0.39 is 0 Å². The van der Waals surface area contributed by atoms with E-state index in [1.54, 1.807) is 23.9 Å². The molecule has 0 unspecified atom stereocenters. The van der Waals surface area contributed by atoms with Crippen LogP contribution in [0.5, 0.6) is 0 Å². The van der Waals surface area contributed by atoms with Crippen molar-refractivity contribution in [2.75, 3.05) is 0 Å². The Balaban J connectivity index is 1.69. The number of rotatable bonds is 5. The lowest BCUT2D eigenvalue weighted by Gasteiger charge is -2.08. The molecule has 1 aliphatic carbocycles. The molecule has 3 rings (SSSR count). The van der Waals surface area contributed by atoms with Gasteiger partial charge in [-0.2, -0.15) is 0 Å². The van der Waals surface area contributed by atoms with Crippen molar-refractivity contribution in [3.05, 3.63) is 58.3 Å². The van der Waals surface area contributed by atoms with Crippen molar-refractivity contribution in [3.8, 4) is 0 Å². The molecule has 20 heavy (non-hydrogen) atoms. The zero-order valence-corrected chi connectivity index (χ0v) is 13.3. The summed E-state index contributed by atoms with van der Waals surface area (Å²) in [7, 11) is 0. The van der Waals surface area contributed by atoms with Crippen LogP contribution in [-0.4, -0.2) is 6.04 Å². The highest BCUT2D eigenvalue weighted by atomic mass is 79.9. The lowest BCUT2D eigenvalue weighted by molar-refractivity contribution is 0.624. The first-order chi connectivity index (χ1) is 9.70. The molecule has 0 saturated heterocycles. The van der Waals surface area contributed by atoms with Crippen LogP contribution in [0.1, 0.15) is 18.4 Å². The minimum absolute atomic E-state index is 0.195. The molecule has 1 nitrogen and oxygen atoms in total. The van der Waals surface area contributed by atoms with Gasteiger partial charge in [-0.25, -0.2) is 4.39 Å². The molecule has 1 aliphatic rings. The summed E-state index contributed by atoms with van der Waals surface area (Å²) in [5.41, 5.74) is 1.26. The third-order valence-electron chi connectivity index (χ3n) is 3.21. The lowest BCUT2D eigenvalue weighted by Crippen LogP contribution is -2.15. The van der Waals surface area contributed by atoms with Crippen molar-refractivity contribution in [1.82, 2.24) is 5.32 Å². The number of halogens is 2. The van der Waals surface area contributed by atoms with E-state index in [4.69, 9.17) is 0 Å². The van der Waals surface area contributed by atoms with E-state index in [-0.39, 0.29) is 5.82 Å². The summed E-state index contributed by atoms with van der Waals surface area (Å²) in [4.78, 5) is 2.03. The summed E-state index contributed by atoms with van der Waals surface area (Å²) in [5.74, 6) is -0.195. The van der Waals surface area contributed by atoms with Crippen LogP contribution in [0, 0.1) is 5.82 Å². The molecule has 0 atom stereocenters. The van der Waals surface area contributed by atoms with E-state index in [9.17, 15) is 4.39 Å². The fraction of sp³-hybridized carbons (Fsp3) is 0.250. The van der Waals surface area contributed by atoms with Crippen LogP contribution in [-0.2, 0) is 6.54 Å². The molecule has 0 amide bonds. The molecule has 0 spiro atoms. The van der Waals surface area contributed by atoms with Crippen LogP contribution in [0.2, 0.25) is 0 Å². The fourth-order valence-electron chi connectivity index (χ4n) is 1.94. The molecule has 0 aromatic heterocycles. The second-order valence-electron chi connectivity index (χ2n) is 4.97. The van der Waals surface area contributed by atoms with Gasteiger partial charge in [0.15, 0.2) is 0 Å². The highest BCUT2D eigenvalue weighted by Crippen LogP contribution is 2.31. The van der Waals surface area contributed by atoms with Crippen LogP contribution in [0.15, 0.2) is 56.7 Å². The molecule has 1 saturated carbocycles. The van der Waals surface area contributed by atoms with Gasteiger partial charge < -0.3 is 5.32 Å². The van der Waals surface area contributed by atoms with Gasteiger partial charge in [-0.05, 0) is 48.7 Å². The Morgan fingerprint density at radius 3 is 2.65 bits per heavy atom. The Morgan fingerprint density at radius 2 is 1.95 bits per heavy atom. The molecule has 1 fully saturated rings. The zero-order chi connectivity index (χ0) is 13.9. The molecular formula is C16H15BrFNS. The average molecular weight is 352 g/mol. The molecule has 104 valence electrons. The summed E-state index contributed by atoms with van der Waals surface area (Å²) in [6.07, 6.45) is 2.59. The summed E-state index contributed by atoms with van der Waals surface area (Å²) >= 11 is 5.19. The van der Waals surface area contributed by atoms with Crippen LogP contribution < -0.4 is 5.32 Å². The summed E-state index contributed by atoms with van der Waals surface area (Å²) in [5, 5.41) is 3.50. The molecule has 4 heteroatoms. The second-order valence-corrected chi connectivity index (χ2v) is 6.97. The fourth-order valence-corrected chi connectivity index (χ4v) is 3.52. The Bertz CT molecular complexity index is 613. The minimum Gasteiger partial charge on any atom is -0.310 e. The molecule has 0 aliphatic heterocycles. The highest BCUT2D eigenvalue weighted by molar-refractivity contribution is 9.10. The van der Waals surface area contributed by atoms with E-state index in [1.807, 2.05) is 6.07 Å². The number of benzene rings is 2. The standard InChI is InChI=1S/C16H15BrFNS/c17-16-9-15(20-14-3-1-2-12(18)8-14)7-4-11(16)10-19-13-5-6-13/h1-4,7-9,13,19H,5-6,10H2. The normalized spacial score (nSPS) is 14.5. The largest absolute Gasteiger partial charge is 0.310 e. The summed E-state index contributed by atoms with van der Waals surface area (Å²) in [6, 6.07) is 13.7. The van der Waals surface area contributed by atoms with E-state index in [1.165, 1.54) is 24.5 Å². The third-order valence-corrected chi connectivity index (χ3v) is 4.93. The number of nitrogens with one attached hydrogen (secondary N) is 1. The van der Waals surface area contributed by atoms with Crippen molar-refractivity contribution in [3.63, 3.8) is 0 Å². The summed E-state index contributed by atoms with van der Waals surface area (Å²) < 4.78 is 14.3. The predicted molar refractivity (Wildman–Crippen MR) is 84.5 cm³/mol. The number of hydrogen-bond acceptors (Lipinski definition) is 2. The highest BCUT2D eigenvalue weighted by Gasteiger charge is 2.20. The van der Waals surface area contributed by atoms with Gasteiger partial charge in [0, 0.05) is 26.9 Å². The lowest BCUT2D eigenvalue weighted by atomic mass is 10.2. The van der Waals surface area contributed by atoms with Gasteiger partial charge in [-0.15, -0.1) is 0 Å². The second kappa shape index (κ2) is 6.29. The van der Waals surface area contributed by atoms with Gasteiger partial charge in [0.25, 0.3) is 0 Å². The van der Waals surface area contributed by atoms with Crippen molar-refractivity contribution in [1.29, 1.82) is 0 Å². The van der Waals surface area contributed by atoms with E-state index >= 15 is 0 Å². The van der Waals surface area contributed by atoms with Gasteiger partial charge in [0.1, 0.15) is 5.82 Å². The van der Waals surface area contributed by atoms with Gasteiger partial charge in [0.2, 0.25) is 0 Å². The van der Waals surface area contributed by atoms with Crippen LogP contribution in [0.3, 0.4) is 0 Å². The van der Waals surface area contributed by atoms with Crippen LogP contribution in [0.25, 0.3) is 0 Å². The van der Waals surface area contributed by atoms with Crippen molar-refractivity contribution < 1.29 is 4.39 Å². The molecular weight excluding hydrogens is 337 g/mol. The molecule has 2 aromatic rings. The van der Waals surface area contributed by atoms with Gasteiger partial charge >= 0.3 is 0 Å². The maximum Gasteiger partial charge on any atom is 0.124 e. The van der Waals surface area contributed by atoms with Gasteiger partial charge in [0.05, 0.1) is 0 Å². The topological polar surface area (TPSA) is 12.0 Å². The van der Waals surface area contributed by atoms with E-state index in [2.05, 4.69) is 39.4 Å². The predicted octanol–water partition coefficient (Wildman–Crippen LogP) is 4.99. The quantitative estimate of drug-likeness (QED) is 0.814. The zero-order valence-electron chi connectivity index (χ0n) is 10.9. The van der Waals surface area contributed by atoms with E-state index in [0.29, 0.717) is 6.04 Å². The average Bonchev–Trinajstić information content (AvgIpc) is 3.22. The Hall–Kier alpha value is -0.840. The SMILES string of the molecule is Fc1cccc(Sc2ccc(CNC3CC3)c(Br)c2)c1. The monoisotopic (exact) mass is 351 g/mol. The maximum absolute atomic E-state index is 13.2. The van der Waals surface area contributed by atoms with Crippen LogP contribution >= 0.6 is 27.7 Å². The van der Waals surface area contributed by atoms with Crippen molar-refractivity contribution in [2.45, 2.75) is 35.2 Å².